The number of halogens is 3. The van der Waals surface area contributed by atoms with Crippen LogP contribution in [0.15, 0.2) is 85.2 Å². The van der Waals surface area contributed by atoms with Crippen molar-refractivity contribution in [3.8, 4) is 34.4 Å². The number of alkyl halides is 3. The Bertz CT molecular complexity index is 1410. The molecule has 1 aromatic heterocycles. The minimum Gasteiger partial charge on any atom is -0.497 e. The van der Waals surface area contributed by atoms with Crippen molar-refractivity contribution in [3.63, 3.8) is 0 Å². The van der Waals surface area contributed by atoms with E-state index in [0.29, 0.717) is 34.1 Å². The van der Waals surface area contributed by atoms with Gasteiger partial charge in [0, 0.05) is 23.3 Å². The fourth-order valence-corrected chi connectivity index (χ4v) is 3.67. The van der Waals surface area contributed by atoms with Crippen molar-refractivity contribution in [3.05, 3.63) is 96.3 Å². The van der Waals surface area contributed by atoms with Crippen LogP contribution >= 0.6 is 0 Å². The van der Waals surface area contributed by atoms with Crippen LogP contribution in [-0.4, -0.2) is 40.4 Å². The minimum atomic E-state index is -4.73. The van der Waals surface area contributed by atoms with E-state index >= 15 is 0 Å². The second-order valence-corrected chi connectivity index (χ2v) is 8.48. The number of nitrogens with zero attached hydrogens (tertiary/aromatic N) is 2. The average molecular weight is 540 g/mol. The van der Waals surface area contributed by atoms with Crippen LogP contribution in [0.3, 0.4) is 0 Å². The Balaban J connectivity index is 1.50. The number of methoxy groups -OCH3 is 1. The van der Waals surface area contributed by atoms with Crippen LogP contribution in [0, 0.1) is 0 Å². The quantitative estimate of drug-likeness (QED) is 0.268. The zero-order valence-electron chi connectivity index (χ0n) is 20.6. The maximum atomic E-state index is 14.0. The van der Waals surface area contributed by atoms with Gasteiger partial charge in [0.15, 0.2) is 0 Å². The largest absolute Gasteiger partial charge is 0.497 e. The molecule has 0 aliphatic carbocycles. The topological polar surface area (TPSA) is 117 Å². The molecule has 0 spiro atoms. The molecule has 8 nitrogen and oxygen atoms in total. The molecular weight excluding hydrogens is 515 g/mol. The van der Waals surface area contributed by atoms with Crippen LogP contribution in [0.4, 0.5) is 13.2 Å². The van der Waals surface area contributed by atoms with Crippen LogP contribution in [0.1, 0.15) is 17.2 Å². The molecule has 202 valence electrons. The van der Waals surface area contributed by atoms with Gasteiger partial charge >= 0.3 is 12.1 Å². The van der Waals surface area contributed by atoms with Gasteiger partial charge in [0.1, 0.15) is 29.6 Å². The highest BCUT2D eigenvalue weighted by Gasteiger charge is 2.43. The summed E-state index contributed by atoms with van der Waals surface area (Å²) in [6.07, 6.45) is -5.78. The predicted molar refractivity (Wildman–Crippen MR) is 136 cm³/mol. The molecule has 3 N–H and O–H groups in total. The summed E-state index contributed by atoms with van der Waals surface area (Å²) in [7, 11) is 1.52. The Hall–Kier alpha value is -4.64. The van der Waals surface area contributed by atoms with Crippen molar-refractivity contribution < 1.29 is 37.3 Å². The number of rotatable bonds is 10. The third-order valence-electron chi connectivity index (χ3n) is 5.66. The molecule has 11 heteroatoms. The smallest absolute Gasteiger partial charge is 0.429 e. The molecule has 0 saturated carbocycles. The number of nitrogens with two attached hydrogens (primary N) is 1. The van der Waals surface area contributed by atoms with Gasteiger partial charge in [-0.05, 0) is 36.2 Å². The van der Waals surface area contributed by atoms with Crippen molar-refractivity contribution in [1.29, 1.82) is 0 Å². The summed E-state index contributed by atoms with van der Waals surface area (Å²) in [5.74, 6) is 0.00475. The molecule has 0 saturated heterocycles. The van der Waals surface area contributed by atoms with Crippen molar-refractivity contribution in [1.82, 2.24) is 9.97 Å². The van der Waals surface area contributed by atoms with Crippen molar-refractivity contribution in [2.75, 3.05) is 7.11 Å². The fourth-order valence-electron chi connectivity index (χ4n) is 3.67. The van der Waals surface area contributed by atoms with Gasteiger partial charge in [-0.2, -0.15) is 13.2 Å². The number of aliphatic carboxylic acids is 1. The van der Waals surface area contributed by atoms with Crippen LogP contribution in [0.25, 0.3) is 11.3 Å². The first-order valence-corrected chi connectivity index (χ1v) is 11.7. The lowest BCUT2D eigenvalue weighted by molar-refractivity contribution is -0.198. The lowest BCUT2D eigenvalue weighted by atomic mass is 10.0. The third kappa shape index (κ3) is 7.23. The molecular formula is C28H24F3N3O5. The number of aromatic nitrogens is 2. The molecule has 0 aliphatic heterocycles. The van der Waals surface area contributed by atoms with Gasteiger partial charge in [-0.25, -0.2) is 9.97 Å². The summed E-state index contributed by atoms with van der Waals surface area (Å²) < 4.78 is 58.1. The maximum absolute atomic E-state index is 14.0. The highest BCUT2D eigenvalue weighted by molar-refractivity contribution is 5.73. The summed E-state index contributed by atoms with van der Waals surface area (Å²) in [5, 5.41) is 8.96. The summed E-state index contributed by atoms with van der Waals surface area (Å²) >= 11 is 0. The summed E-state index contributed by atoms with van der Waals surface area (Å²) in [6.45, 7) is 0. The van der Waals surface area contributed by atoms with Gasteiger partial charge in [0.2, 0.25) is 12.0 Å². The average Bonchev–Trinajstić information content (AvgIpc) is 2.92. The first-order valence-electron chi connectivity index (χ1n) is 11.7. The zero-order chi connectivity index (χ0) is 28.0. The van der Waals surface area contributed by atoms with Crippen molar-refractivity contribution in [2.45, 2.75) is 24.7 Å². The van der Waals surface area contributed by atoms with E-state index in [-0.39, 0.29) is 17.9 Å². The first kappa shape index (κ1) is 27.4. The van der Waals surface area contributed by atoms with E-state index < -0.39 is 24.3 Å². The molecule has 0 aliphatic rings. The van der Waals surface area contributed by atoms with Crippen molar-refractivity contribution >= 4 is 5.97 Å². The first-order chi connectivity index (χ1) is 18.6. The molecule has 39 heavy (non-hydrogen) atoms. The summed E-state index contributed by atoms with van der Waals surface area (Å²) in [4.78, 5) is 18.9. The van der Waals surface area contributed by atoms with Gasteiger partial charge in [-0.15, -0.1) is 0 Å². The number of hydrogen-bond donors (Lipinski definition) is 2. The van der Waals surface area contributed by atoms with Gasteiger partial charge < -0.3 is 25.1 Å². The second kappa shape index (κ2) is 11.8. The van der Waals surface area contributed by atoms with Crippen LogP contribution in [-0.2, 0) is 11.2 Å². The molecule has 4 aromatic rings. The number of ether oxygens (including phenoxy) is 3. The van der Waals surface area contributed by atoms with E-state index in [2.05, 4.69) is 9.97 Å². The minimum absolute atomic E-state index is 0.129. The Labute approximate surface area is 221 Å². The van der Waals surface area contributed by atoms with E-state index in [1.807, 2.05) is 0 Å². The number of carboxylic acid groups (broad SMARTS) is 1. The zero-order valence-corrected chi connectivity index (χ0v) is 20.6. The highest BCUT2D eigenvalue weighted by atomic mass is 19.4. The Morgan fingerprint density at radius 2 is 1.64 bits per heavy atom. The standard InChI is InChI=1S/C28H24F3N3O5/c1-37-21-3-2-4-22(14-21)38-20-11-9-19(10-12-20)26(28(29,30)31)39-25-15-24(33-16-34-25)18-7-5-17(6-8-18)13-23(32)27(35)36/h2-12,14-16,23,26H,13,32H2,1H3,(H,35,36)/t23-,26?/m0/s1. The SMILES string of the molecule is COc1cccc(Oc2ccc(C(Oc3cc(-c4ccc(C[C@H](N)C(=O)O)cc4)ncn3)C(F)(F)F)cc2)c1. The molecule has 2 atom stereocenters. The number of carbonyl (C=O) groups is 1. The van der Waals surface area contributed by atoms with Crippen LogP contribution < -0.4 is 19.9 Å². The Morgan fingerprint density at radius 3 is 2.28 bits per heavy atom. The van der Waals surface area contributed by atoms with Gasteiger partial charge in [-0.1, -0.05) is 42.5 Å². The van der Waals surface area contributed by atoms with E-state index in [1.54, 1.807) is 48.5 Å². The lowest BCUT2D eigenvalue weighted by Gasteiger charge is -2.22. The molecule has 1 unspecified atom stereocenters. The Morgan fingerprint density at radius 1 is 0.949 bits per heavy atom. The summed E-state index contributed by atoms with van der Waals surface area (Å²) in [5.41, 5.74) is 7.02. The summed E-state index contributed by atoms with van der Waals surface area (Å²) in [6, 6.07) is 19.1. The van der Waals surface area contributed by atoms with Crippen LogP contribution in [0.5, 0.6) is 23.1 Å². The van der Waals surface area contributed by atoms with Gasteiger partial charge in [0.05, 0.1) is 12.8 Å². The number of benzene rings is 3. The van der Waals surface area contributed by atoms with E-state index in [9.17, 15) is 18.0 Å². The molecule has 4 rings (SSSR count). The van der Waals surface area contributed by atoms with Gasteiger partial charge in [0.25, 0.3) is 0 Å². The van der Waals surface area contributed by atoms with E-state index in [4.69, 9.17) is 25.1 Å². The highest BCUT2D eigenvalue weighted by Crippen LogP contribution is 2.38. The molecule has 0 fully saturated rings. The monoisotopic (exact) mass is 539 g/mol. The molecule has 0 radical (unpaired) electrons. The predicted octanol–water partition coefficient (Wildman–Crippen LogP) is 5.58. The molecule has 0 amide bonds. The normalized spacial score (nSPS) is 12.8. The van der Waals surface area contributed by atoms with Crippen LogP contribution in [0.2, 0.25) is 0 Å². The van der Waals surface area contributed by atoms with Crippen molar-refractivity contribution in [2.24, 2.45) is 5.73 Å². The lowest BCUT2D eigenvalue weighted by Crippen LogP contribution is -2.32. The maximum Gasteiger partial charge on any atom is 0.429 e. The fraction of sp³-hybridized carbons (Fsp3) is 0.179. The molecule has 1 heterocycles. The van der Waals surface area contributed by atoms with E-state index in [1.165, 1.54) is 37.4 Å². The van der Waals surface area contributed by atoms with Gasteiger partial charge in [-0.3, -0.25) is 4.79 Å². The van der Waals surface area contributed by atoms with E-state index in [0.717, 1.165) is 6.33 Å². The third-order valence-corrected chi connectivity index (χ3v) is 5.66. The second-order valence-electron chi connectivity index (χ2n) is 8.48. The molecule has 0 bridgehead atoms. The molecule has 3 aromatic carbocycles. The Kier molecular flexibility index (Phi) is 8.30. The number of hydrogen-bond acceptors (Lipinski definition) is 7. The number of carboxylic acids is 1.